The number of hydrogen-bond donors (Lipinski definition) is 1. The fraction of sp³-hybridized carbons (Fsp3) is 0.571. The number of rotatable bonds is 6. The second-order valence-electron chi connectivity index (χ2n) is 5.00. The predicted octanol–water partition coefficient (Wildman–Crippen LogP) is 0.826. The molecule has 0 amide bonds. The van der Waals surface area contributed by atoms with Crippen molar-refractivity contribution in [3.8, 4) is 0 Å². The predicted molar refractivity (Wildman–Crippen MR) is 85.4 cm³/mol. The van der Waals surface area contributed by atoms with Crippen molar-refractivity contribution < 1.29 is 13.2 Å². The Bertz CT molecular complexity index is 554. The minimum absolute atomic E-state index is 0.0543. The minimum atomic E-state index is -3.19. The summed E-state index contributed by atoms with van der Waals surface area (Å²) in [6.07, 6.45) is 0. The van der Waals surface area contributed by atoms with E-state index in [0.29, 0.717) is 26.2 Å². The smallest absolute Gasteiger partial charge is 0.216 e. The van der Waals surface area contributed by atoms with Crippen LogP contribution in [-0.4, -0.2) is 65.4 Å². The summed E-state index contributed by atoms with van der Waals surface area (Å²) < 4.78 is 30.6. The van der Waals surface area contributed by atoms with E-state index in [-0.39, 0.29) is 12.4 Å². The van der Waals surface area contributed by atoms with E-state index in [1.165, 1.54) is 7.11 Å². The van der Waals surface area contributed by atoms with Crippen LogP contribution in [0.25, 0.3) is 0 Å². The third kappa shape index (κ3) is 4.09. The molecule has 6 nitrogen and oxygen atoms in total. The average molecular weight is 313 g/mol. The van der Waals surface area contributed by atoms with Crippen LogP contribution in [-0.2, 0) is 14.8 Å². The highest BCUT2D eigenvalue weighted by Crippen LogP contribution is 2.21. The average Bonchev–Trinajstić information content (AvgIpc) is 2.53. The highest BCUT2D eigenvalue weighted by Gasteiger charge is 2.26. The summed E-state index contributed by atoms with van der Waals surface area (Å²) in [4.78, 5) is 2.21. The van der Waals surface area contributed by atoms with Crippen molar-refractivity contribution in [3.05, 3.63) is 24.3 Å². The molecule has 21 heavy (non-hydrogen) atoms. The fourth-order valence-corrected chi connectivity index (χ4v) is 3.76. The van der Waals surface area contributed by atoms with Gasteiger partial charge in [0.15, 0.2) is 0 Å². The van der Waals surface area contributed by atoms with Crippen LogP contribution < -0.4 is 10.2 Å². The van der Waals surface area contributed by atoms with Gasteiger partial charge in [0.1, 0.15) is 0 Å². The summed E-state index contributed by atoms with van der Waals surface area (Å²) in [7, 11) is 0.210. The van der Waals surface area contributed by atoms with Crippen LogP contribution >= 0.6 is 0 Å². The minimum Gasteiger partial charge on any atom is -0.388 e. The first kappa shape index (κ1) is 16.1. The van der Waals surface area contributed by atoms with Crippen molar-refractivity contribution in [2.45, 2.75) is 0 Å². The standard InChI is InChI=1S/C14H23N3O3S/c1-15-13-4-3-5-14(12-13)16-6-8-17(9-7-16)21(18,19)11-10-20-2/h3-5,12,15H,6-11H2,1-2H3. The Morgan fingerprint density at radius 1 is 1.24 bits per heavy atom. The monoisotopic (exact) mass is 313 g/mol. The molecule has 1 heterocycles. The normalized spacial score (nSPS) is 17.0. The van der Waals surface area contributed by atoms with Crippen LogP contribution in [0.1, 0.15) is 0 Å². The Labute approximate surface area is 126 Å². The molecular weight excluding hydrogens is 290 g/mol. The van der Waals surface area contributed by atoms with Gasteiger partial charge in [0.05, 0.1) is 12.4 Å². The molecule has 0 aromatic heterocycles. The quantitative estimate of drug-likeness (QED) is 0.843. The maximum atomic E-state index is 12.1. The highest BCUT2D eigenvalue weighted by atomic mass is 32.2. The molecule has 0 aliphatic carbocycles. The van der Waals surface area contributed by atoms with Crippen LogP contribution in [0.2, 0.25) is 0 Å². The van der Waals surface area contributed by atoms with Crippen molar-refractivity contribution in [2.24, 2.45) is 0 Å². The summed E-state index contributed by atoms with van der Waals surface area (Å²) in [6, 6.07) is 8.14. The van der Waals surface area contributed by atoms with Crippen LogP contribution in [0.4, 0.5) is 11.4 Å². The van der Waals surface area contributed by atoms with Crippen molar-refractivity contribution in [2.75, 3.05) is 62.9 Å². The van der Waals surface area contributed by atoms with E-state index in [9.17, 15) is 8.42 Å². The van der Waals surface area contributed by atoms with Crippen molar-refractivity contribution >= 4 is 21.4 Å². The lowest BCUT2D eigenvalue weighted by Gasteiger charge is -2.35. The number of nitrogens with one attached hydrogen (secondary N) is 1. The third-order valence-corrected chi connectivity index (χ3v) is 5.51. The molecule has 1 aliphatic rings. The molecule has 1 saturated heterocycles. The topological polar surface area (TPSA) is 61.9 Å². The molecule has 7 heteroatoms. The number of benzene rings is 1. The molecule has 1 aliphatic heterocycles. The largest absolute Gasteiger partial charge is 0.388 e. The van der Waals surface area contributed by atoms with Gasteiger partial charge in [-0.05, 0) is 18.2 Å². The molecule has 0 saturated carbocycles. The third-order valence-electron chi connectivity index (χ3n) is 3.68. The summed E-state index contributed by atoms with van der Waals surface area (Å²) >= 11 is 0. The number of hydrogen-bond acceptors (Lipinski definition) is 5. The maximum Gasteiger partial charge on any atom is 0.216 e. The van der Waals surface area contributed by atoms with Gasteiger partial charge >= 0.3 is 0 Å². The molecule has 1 fully saturated rings. The molecule has 1 aromatic rings. The molecule has 0 unspecified atom stereocenters. The molecule has 1 aromatic carbocycles. The van der Waals surface area contributed by atoms with Gasteiger partial charge in [0, 0.05) is 51.7 Å². The van der Waals surface area contributed by atoms with E-state index in [0.717, 1.165) is 11.4 Å². The number of piperazine rings is 1. The lowest BCUT2D eigenvalue weighted by molar-refractivity contribution is 0.215. The zero-order chi connectivity index (χ0) is 15.3. The summed E-state index contributed by atoms with van der Waals surface area (Å²) in [6.45, 7) is 2.71. The number of methoxy groups -OCH3 is 1. The number of sulfonamides is 1. The molecule has 0 spiro atoms. The van der Waals surface area contributed by atoms with E-state index in [1.807, 2.05) is 19.2 Å². The van der Waals surface area contributed by atoms with Crippen LogP contribution in [0, 0.1) is 0 Å². The Morgan fingerprint density at radius 3 is 2.57 bits per heavy atom. The summed E-state index contributed by atoms with van der Waals surface area (Å²) in [5, 5.41) is 3.12. The number of nitrogens with zero attached hydrogens (tertiary/aromatic N) is 2. The molecule has 1 N–H and O–H groups in total. The molecule has 0 atom stereocenters. The maximum absolute atomic E-state index is 12.1. The molecular formula is C14H23N3O3S. The van der Waals surface area contributed by atoms with Gasteiger partial charge < -0.3 is 15.0 Å². The summed E-state index contributed by atoms with van der Waals surface area (Å²) in [5.41, 5.74) is 2.18. The van der Waals surface area contributed by atoms with Crippen molar-refractivity contribution in [1.29, 1.82) is 0 Å². The van der Waals surface area contributed by atoms with Gasteiger partial charge in [0.2, 0.25) is 10.0 Å². The van der Waals surface area contributed by atoms with Gasteiger partial charge in [-0.25, -0.2) is 8.42 Å². The first-order valence-corrected chi connectivity index (χ1v) is 8.67. The van der Waals surface area contributed by atoms with E-state index in [2.05, 4.69) is 22.3 Å². The van der Waals surface area contributed by atoms with Crippen molar-refractivity contribution in [3.63, 3.8) is 0 Å². The lowest BCUT2D eigenvalue weighted by atomic mass is 10.2. The SMILES string of the molecule is CNc1cccc(N2CCN(S(=O)(=O)CCOC)CC2)c1. The summed E-state index contributed by atoms with van der Waals surface area (Å²) in [5.74, 6) is 0.0543. The molecule has 0 radical (unpaired) electrons. The van der Waals surface area contributed by atoms with Gasteiger partial charge in [-0.3, -0.25) is 0 Å². The second-order valence-corrected chi connectivity index (χ2v) is 7.08. The van der Waals surface area contributed by atoms with Crippen molar-refractivity contribution in [1.82, 2.24) is 4.31 Å². The van der Waals surface area contributed by atoms with Crippen LogP contribution in [0.3, 0.4) is 0 Å². The Hall–Kier alpha value is -1.31. The molecule has 0 bridgehead atoms. The first-order chi connectivity index (χ1) is 10.1. The molecule has 118 valence electrons. The first-order valence-electron chi connectivity index (χ1n) is 7.06. The van der Waals surface area contributed by atoms with Gasteiger partial charge in [-0.1, -0.05) is 6.07 Å². The lowest BCUT2D eigenvalue weighted by Crippen LogP contribution is -2.49. The van der Waals surface area contributed by atoms with Gasteiger partial charge in [-0.2, -0.15) is 4.31 Å². The zero-order valence-electron chi connectivity index (χ0n) is 12.6. The van der Waals surface area contributed by atoms with Crippen LogP contribution in [0.15, 0.2) is 24.3 Å². The van der Waals surface area contributed by atoms with E-state index in [4.69, 9.17) is 4.74 Å². The molecule has 2 rings (SSSR count). The zero-order valence-corrected chi connectivity index (χ0v) is 13.4. The second kappa shape index (κ2) is 7.11. The fourth-order valence-electron chi connectivity index (χ4n) is 2.40. The van der Waals surface area contributed by atoms with Gasteiger partial charge in [-0.15, -0.1) is 0 Å². The Kier molecular flexibility index (Phi) is 5.44. The number of ether oxygens (including phenoxy) is 1. The Morgan fingerprint density at radius 2 is 1.95 bits per heavy atom. The number of anilines is 2. The van der Waals surface area contributed by atoms with E-state index < -0.39 is 10.0 Å². The Balaban J connectivity index is 1.96. The van der Waals surface area contributed by atoms with E-state index >= 15 is 0 Å². The van der Waals surface area contributed by atoms with E-state index in [1.54, 1.807) is 4.31 Å². The van der Waals surface area contributed by atoms with Gasteiger partial charge in [0.25, 0.3) is 0 Å². The highest BCUT2D eigenvalue weighted by molar-refractivity contribution is 7.89. The van der Waals surface area contributed by atoms with Crippen LogP contribution in [0.5, 0.6) is 0 Å².